The average molecular weight is 136 g/mol. The van der Waals surface area contributed by atoms with Gasteiger partial charge in [0.15, 0.2) is 0 Å². The molecule has 0 aliphatic carbocycles. The SMILES string of the molecule is C#CC(=O)N(C)CCC#N. The molecular weight excluding hydrogens is 128 g/mol. The maximum absolute atomic E-state index is 10.6. The standard InChI is InChI=1S/C7H8N2O/c1-3-7(10)9(2)6-4-5-8/h1H,4,6H2,2H3. The van der Waals surface area contributed by atoms with Gasteiger partial charge in [-0.05, 0) is 5.92 Å². The lowest BCUT2D eigenvalue weighted by Gasteiger charge is -2.09. The van der Waals surface area contributed by atoms with Gasteiger partial charge in [-0.25, -0.2) is 0 Å². The predicted octanol–water partition coefficient (Wildman–Crippen LogP) is -0.00832. The lowest BCUT2D eigenvalue weighted by molar-refractivity contribution is -0.123. The Morgan fingerprint density at radius 2 is 2.40 bits per heavy atom. The second-order valence-electron chi connectivity index (χ2n) is 1.78. The van der Waals surface area contributed by atoms with Crippen LogP contribution in [-0.4, -0.2) is 24.4 Å². The van der Waals surface area contributed by atoms with E-state index in [9.17, 15) is 4.79 Å². The Labute approximate surface area is 60.2 Å². The fourth-order valence-electron chi connectivity index (χ4n) is 0.429. The summed E-state index contributed by atoms with van der Waals surface area (Å²) in [6.45, 7) is 0.402. The molecule has 3 nitrogen and oxygen atoms in total. The van der Waals surface area contributed by atoms with E-state index >= 15 is 0 Å². The number of nitrogens with zero attached hydrogens (tertiary/aromatic N) is 2. The van der Waals surface area contributed by atoms with Crippen molar-refractivity contribution in [2.24, 2.45) is 0 Å². The fraction of sp³-hybridized carbons (Fsp3) is 0.429. The van der Waals surface area contributed by atoms with Crippen LogP contribution in [0.4, 0.5) is 0 Å². The molecule has 0 aromatic heterocycles. The van der Waals surface area contributed by atoms with Gasteiger partial charge < -0.3 is 4.90 Å². The summed E-state index contributed by atoms with van der Waals surface area (Å²) in [5.41, 5.74) is 0. The fourth-order valence-corrected chi connectivity index (χ4v) is 0.429. The van der Waals surface area contributed by atoms with Crippen molar-refractivity contribution >= 4 is 5.91 Å². The molecule has 52 valence electrons. The molecule has 0 saturated carbocycles. The lowest BCUT2D eigenvalue weighted by Crippen LogP contribution is -2.25. The van der Waals surface area contributed by atoms with Gasteiger partial charge in [0.2, 0.25) is 0 Å². The summed E-state index contributed by atoms with van der Waals surface area (Å²) in [7, 11) is 1.57. The Morgan fingerprint density at radius 3 is 2.80 bits per heavy atom. The molecule has 0 heterocycles. The molecular formula is C7H8N2O. The number of carbonyl (C=O) groups excluding carboxylic acids is 1. The summed E-state index contributed by atoms with van der Waals surface area (Å²) >= 11 is 0. The minimum absolute atomic E-state index is 0.323. The Morgan fingerprint density at radius 1 is 1.80 bits per heavy atom. The van der Waals surface area contributed by atoms with E-state index in [1.165, 1.54) is 4.90 Å². The molecule has 0 unspecified atom stereocenters. The van der Waals surface area contributed by atoms with Crippen LogP contribution in [0.3, 0.4) is 0 Å². The van der Waals surface area contributed by atoms with Crippen LogP contribution in [0.5, 0.6) is 0 Å². The maximum atomic E-state index is 10.6. The van der Waals surface area contributed by atoms with Crippen LogP contribution in [0.25, 0.3) is 0 Å². The van der Waals surface area contributed by atoms with Gasteiger partial charge in [-0.2, -0.15) is 5.26 Å². The molecule has 0 spiro atoms. The number of amides is 1. The van der Waals surface area contributed by atoms with Crippen molar-refractivity contribution < 1.29 is 4.79 Å². The van der Waals surface area contributed by atoms with Crippen molar-refractivity contribution in [3.05, 3.63) is 0 Å². The molecule has 0 fully saturated rings. The second kappa shape index (κ2) is 4.40. The second-order valence-corrected chi connectivity index (χ2v) is 1.78. The van der Waals surface area contributed by atoms with E-state index in [1.807, 2.05) is 12.0 Å². The maximum Gasteiger partial charge on any atom is 0.297 e. The number of rotatable bonds is 2. The van der Waals surface area contributed by atoms with Gasteiger partial charge in [0, 0.05) is 13.6 Å². The number of carbonyl (C=O) groups is 1. The van der Waals surface area contributed by atoms with Crippen molar-refractivity contribution in [2.75, 3.05) is 13.6 Å². The van der Waals surface area contributed by atoms with E-state index in [4.69, 9.17) is 11.7 Å². The predicted molar refractivity (Wildman–Crippen MR) is 36.7 cm³/mol. The van der Waals surface area contributed by atoms with E-state index in [0.717, 1.165) is 0 Å². The van der Waals surface area contributed by atoms with E-state index in [1.54, 1.807) is 7.05 Å². The van der Waals surface area contributed by atoms with Crippen LogP contribution in [0, 0.1) is 23.7 Å². The topological polar surface area (TPSA) is 44.1 Å². The zero-order chi connectivity index (χ0) is 7.98. The highest BCUT2D eigenvalue weighted by Crippen LogP contribution is 1.85. The third kappa shape index (κ3) is 2.74. The Kier molecular flexibility index (Phi) is 3.75. The van der Waals surface area contributed by atoms with Gasteiger partial charge in [-0.15, -0.1) is 6.42 Å². The smallest absolute Gasteiger partial charge is 0.297 e. The molecule has 0 aliphatic heterocycles. The van der Waals surface area contributed by atoms with Crippen LogP contribution in [-0.2, 0) is 4.79 Å². The molecule has 0 rings (SSSR count). The minimum atomic E-state index is -0.379. The van der Waals surface area contributed by atoms with Crippen LogP contribution in [0.15, 0.2) is 0 Å². The highest BCUT2D eigenvalue weighted by molar-refractivity contribution is 5.92. The Bertz CT molecular complexity index is 197. The van der Waals surface area contributed by atoms with Crippen molar-refractivity contribution in [1.29, 1.82) is 5.26 Å². The number of hydrogen-bond donors (Lipinski definition) is 0. The molecule has 0 atom stereocenters. The molecule has 0 aromatic rings. The first-order valence-corrected chi connectivity index (χ1v) is 2.81. The third-order valence-electron chi connectivity index (χ3n) is 1.03. The van der Waals surface area contributed by atoms with Gasteiger partial charge >= 0.3 is 0 Å². The van der Waals surface area contributed by atoms with E-state index in [2.05, 4.69) is 0 Å². The van der Waals surface area contributed by atoms with Crippen molar-refractivity contribution in [3.63, 3.8) is 0 Å². The lowest BCUT2D eigenvalue weighted by atomic mass is 10.4. The summed E-state index contributed by atoms with van der Waals surface area (Å²) in [5.74, 6) is 1.57. The van der Waals surface area contributed by atoms with Gasteiger partial charge in [0.05, 0.1) is 12.5 Å². The van der Waals surface area contributed by atoms with Gasteiger partial charge in [0.25, 0.3) is 5.91 Å². The van der Waals surface area contributed by atoms with E-state index in [-0.39, 0.29) is 5.91 Å². The summed E-state index contributed by atoms with van der Waals surface area (Å²) in [4.78, 5) is 11.9. The van der Waals surface area contributed by atoms with Gasteiger partial charge in [-0.1, -0.05) is 0 Å². The summed E-state index contributed by atoms with van der Waals surface area (Å²) in [6.07, 6.45) is 5.14. The van der Waals surface area contributed by atoms with Gasteiger partial charge in [0.1, 0.15) is 0 Å². The molecule has 10 heavy (non-hydrogen) atoms. The molecule has 0 aliphatic rings. The van der Waals surface area contributed by atoms with Crippen molar-refractivity contribution in [3.8, 4) is 18.4 Å². The normalized spacial score (nSPS) is 7.50. The first-order chi connectivity index (χ1) is 4.72. The Balaban J connectivity index is 3.67. The van der Waals surface area contributed by atoms with Crippen LogP contribution >= 0.6 is 0 Å². The molecule has 0 N–H and O–H groups in total. The van der Waals surface area contributed by atoms with Gasteiger partial charge in [-0.3, -0.25) is 4.79 Å². The van der Waals surface area contributed by atoms with Crippen LogP contribution in [0.1, 0.15) is 6.42 Å². The largest absolute Gasteiger partial charge is 0.334 e. The monoisotopic (exact) mass is 136 g/mol. The molecule has 0 saturated heterocycles. The zero-order valence-electron chi connectivity index (χ0n) is 5.79. The number of terminal acetylenes is 1. The summed E-state index contributed by atoms with van der Waals surface area (Å²) in [5, 5.41) is 8.13. The van der Waals surface area contributed by atoms with Crippen molar-refractivity contribution in [1.82, 2.24) is 4.90 Å². The summed E-state index contributed by atoms with van der Waals surface area (Å²) < 4.78 is 0. The molecule has 0 bridgehead atoms. The quantitative estimate of drug-likeness (QED) is 0.501. The molecule has 0 radical (unpaired) electrons. The average Bonchev–Trinajstić information content (AvgIpc) is 1.98. The van der Waals surface area contributed by atoms with Crippen molar-refractivity contribution in [2.45, 2.75) is 6.42 Å². The zero-order valence-corrected chi connectivity index (χ0v) is 5.79. The molecule has 0 aromatic carbocycles. The van der Waals surface area contributed by atoms with Crippen LogP contribution < -0.4 is 0 Å². The highest BCUT2D eigenvalue weighted by atomic mass is 16.2. The first-order valence-electron chi connectivity index (χ1n) is 2.81. The first kappa shape index (κ1) is 8.52. The third-order valence-corrected chi connectivity index (χ3v) is 1.03. The molecule has 3 heteroatoms. The Hall–Kier alpha value is -1.48. The summed E-state index contributed by atoms with van der Waals surface area (Å²) in [6, 6.07) is 1.92. The van der Waals surface area contributed by atoms with Crippen LogP contribution in [0.2, 0.25) is 0 Å². The molecule has 1 amide bonds. The number of nitriles is 1. The minimum Gasteiger partial charge on any atom is -0.334 e. The van der Waals surface area contributed by atoms with E-state index < -0.39 is 0 Å². The number of hydrogen-bond acceptors (Lipinski definition) is 2. The highest BCUT2D eigenvalue weighted by Gasteiger charge is 2.01. The van der Waals surface area contributed by atoms with E-state index in [0.29, 0.717) is 13.0 Å².